The lowest BCUT2D eigenvalue weighted by molar-refractivity contribution is 0.0710. The van der Waals surface area contributed by atoms with Gasteiger partial charge >= 0.3 is 0 Å². The van der Waals surface area contributed by atoms with E-state index in [2.05, 4.69) is 9.97 Å². The molecule has 10 heteroatoms. The summed E-state index contributed by atoms with van der Waals surface area (Å²) in [6.07, 6.45) is -1.35. The number of aryl methyl sites for hydroxylation is 1. The number of amides is 1. The van der Waals surface area contributed by atoms with Crippen LogP contribution in [0.5, 0.6) is 0 Å². The molecule has 0 unspecified atom stereocenters. The molecule has 0 radical (unpaired) electrons. The number of hydrogen-bond acceptors (Lipinski definition) is 2. The van der Waals surface area contributed by atoms with Gasteiger partial charge in [-0.2, -0.15) is 0 Å². The molecule has 2 aromatic carbocycles. The molecule has 1 aliphatic rings. The largest absolute Gasteiger partial charge is 0.350 e. The minimum absolute atomic E-state index is 0.0249. The van der Waals surface area contributed by atoms with Gasteiger partial charge in [-0.1, -0.05) is 0 Å². The third kappa shape index (κ3) is 3.44. The molecule has 0 aliphatic heterocycles. The van der Waals surface area contributed by atoms with Gasteiger partial charge in [0, 0.05) is 34.8 Å². The first-order chi connectivity index (χ1) is 16.2. The Morgan fingerprint density at radius 3 is 2.41 bits per heavy atom. The van der Waals surface area contributed by atoms with E-state index in [1.807, 2.05) is 0 Å². The van der Waals surface area contributed by atoms with Crippen LogP contribution in [0.1, 0.15) is 52.6 Å². The summed E-state index contributed by atoms with van der Waals surface area (Å²) in [5.41, 5.74) is -0.0212. The average molecular weight is 475 g/mol. The summed E-state index contributed by atoms with van der Waals surface area (Å²) >= 11 is 0. The maximum atomic E-state index is 14.1. The molecule has 176 valence electrons. The number of hydrogen-bond donors (Lipinski definition) is 2. The first-order valence-electron chi connectivity index (χ1n) is 10.6. The van der Waals surface area contributed by atoms with E-state index in [9.17, 15) is 31.5 Å². The Labute approximate surface area is 189 Å². The number of aromatic nitrogens is 2. The zero-order valence-electron chi connectivity index (χ0n) is 17.8. The number of halogens is 5. The molecule has 1 aliphatic carbocycles. The Morgan fingerprint density at radius 2 is 1.71 bits per heavy atom. The second kappa shape index (κ2) is 7.96. The molecule has 34 heavy (non-hydrogen) atoms. The summed E-state index contributed by atoms with van der Waals surface area (Å²) in [4.78, 5) is 32.5. The van der Waals surface area contributed by atoms with E-state index in [1.54, 1.807) is 0 Å². The highest BCUT2D eigenvalue weighted by Crippen LogP contribution is 2.38. The maximum Gasteiger partial charge on any atom is 0.270 e. The number of alkyl halides is 2. The van der Waals surface area contributed by atoms with E-state index in [0.29, 0.717) is 30.5 Å². The summed E-state index contributed by atoms with van der Waals surface area (Å²) in [6, 6.07) is 4.19. The van der Waals surface area contributed by atoms with Gasteiger partial charge in [0.1, 0.15) is 11.5 Å². The van der Waals surface area contributed by atoms with Crippen LogP contribution >= 0.6 is 0 Å². The lowest BCUT2D eigenvalue weighted by Gasteiger charge is -2.33. The highest BCUT2D eigenvalue weighted by Gasteiger charge is 2.31. The monoisotopic (exact) mass is 475 g/mol. The van der Waals surface area contributed by atoms with Crippen LogP contribution in [0.4, 0.5) is 22.0 Å². The number of carbonyl (C=O) groups excluding carboxylic acids is 1. The predicted molar refractivity (Wildman–Crippen MR) is 115 cm³/mol. The molecule has 1 amide bonds. The van der Waals surface area contributed by atoms with E-state index < -0.39 is 46.9 Å². The van der Waals surface area contributed by atoms with Gasteiger partial charge in [-0.3, -0.25) is 9.59 Å². The Kier molecular flexibility index (Phi) is 5.18. The number of fused-ring (bicyclic) bond motifs is 4. The van der Waals surface area contributed by atoms with Gasteiger partial charge in [0.05, 0.1) is 11.4 Å². The fourth-order valence-electron chi connectivity index (χ4n) is 4.83. The fraction of sp³-hybridized carbons (Fsp3) is 0.250. The van der Waals surface area contributed by atoms with Crippen molar-refractivity contribution in [2.75, 3.05) is 7.05 Å². The number of rotatable bonds is 3. The van der Waals surface area contributed by atoms with Gasteiger partial charge in [0.25, 0.3) is 17.9 Å². The van der Waals surface area contributed by atoms with Crippen molar-refractivity contribution in [1.82, 2.24) is 14.9 Å². The van der Waals surface area contributed by atoms with Crippen molar-refractivity contribution < 1.29 is 26.7 Å². The standard InChI is InChI=1S/C24H18F5N3O2/c1-32(24(34)19-9-11-13(22(28)29)5-10(25)6-18(11)30-19)20-4-2-3-17-21(20)12-7-15(26)16(27)8-14(12)23(33)31-17/h5-9,20,22,30H,2-4H2,1H3,(H,31,33)/t20-/m1/s1. The van der Waals surface area contributed by atoms with Crippen LogP contribution in [0.2, 0.25) is 0 Å². The molecule has 0 spiro atoms. The van der Waals surface area contributed by atoms with Crippen molar-refractivity contribution in [1.29, 1.82) is 0 Å². The number of nitrogens with one attached hydrogen (secondary N) is 2. The topological polar surface area (TPSA) is 69.0 Å². The van der Waals surface area contributed by atoms with E-state index in [1.165, 1.54) is 18.0 Å². The number of carbonyl (C=O) groups is 1. The first-order valence-corrected chi connectivity index (χ1v) is 10.6. The van der Waals surface area contributed by atoms with Crippen LogP contribution in [-0.4, -0.2) is 27.8 Å². The molecule has 5 nitrogen and oxygen atoms in total. The third-order valence-electron chi connectivity index (χ3n) is 6.41. The van der Waals surface area contributed by atoms with Gasteiger partial charge in [-0.15, -0.1) is 0 Å². The molecule has 0 bridgehead atoms. The quantitative estimate of drug-likeness (QED) is 0.384. The van der Waals surface area contributed by atoms with Crippen molar-refractivity contribution in [3.05, 3.63) is 80.7 Å². The predicted octanol–water partition coefficient (Wildman–Crippen LogP) is 5.51. The number of aromatic amines is 2. The fourth-order valence-corrected chi connectivity index (χ4v) is 4.83. The summed E-state index contributed by atoms with van der Waals surface area (Å²) in [6.45, 7) is 0. The summed E-state index contributed by atoms with van der Waals surface area (Å²) in [5.74, 6) is -3.69. The van der Waals surface area contributed by atoms with Crippen LogP contribution in [0.3, 0.4) is 0 Å². The lowest BCUT2D eigenvalue weighted by Crippen LogP contribution is -2.34. The summed E-state index contributed by atoms with van der Waals surface area (Å²) in [7, 11) is 1.50. The summed E-state index contributed by atoms with van der Waals surface area (Å²) < 4.78 is 68.5. The van der Waals surface area contributed by atoms with Crippen LogP contribution in [0.15, 0.2) is 35.1 Å². The molecule has 2 N–H and O–H groups in total. The second-order valence-electron chi connectivity index (χ2n) is 8.42. The van der Waals surface area contributed by atoms with E-state index in [-0.39, 0.29) is 27.4 Å². The Morgan fingerprint density at radius 1 is 1.00 bits per heavy atom. The first kappa shape index (κ1) is 22.1. The summed E-state index contributed by atoms with van der Waals surface area (Å²) in [5, 5.41) is 0.207. The normalized spacial score (nSPS) is 15.8. The molecule has 2 heterocycles. The molecular formula is C24H18F5N3O2. The van der Waals surface area contributed by atoms with Crippen molar-refractivity contribution in [3.8, 4) is 0 Å². The van der Waals surface area contributed by atoms with E-state index in [0.717, 1.165) is 24.3 Å². The van der Waals surface area contributed by atoms with Crippen molar-refractivity contribution in [3.63, 3.8) is 0 Å². The zero-order valence-corrected chi connectivity index (χ0v) is 17.8. The van der Waals surface area contributed by atoms with Crippen molar-refractivity contribution in [2.45, 2.75) is 31.7 Å². The maximum absolute atomic E-state index is 14.1. The number of pyridine rings is 1. The van der Waals surface area contributed by atoms with E-state index >= 15 is 0 Å². The SMILES string of the molecule is CN(C(=O)c1cc2c(C(F)F)cc(F)cc2[nH]1)[C@@H]1CCCc2[nH]c(=O)c3cc(F)c(F)cc3c21. The van der Waals surface area contributed by atoms with Crippen LogP contribution in [0, 0.1) is 17.5 Å². The molecule has 1 atom stereocenters. The molecule has 2 aromatic heterocycles. The second-order valence-corrected chi connectivity index (χ2v) is 8.42. The van der Waals surface area contributed by atoms with Crippen molar-refractivity contribution >= 4 is 27.6 Å². The van der Waals surface area contributed by atoms with Crippen molar-refractivity contribution in [2.24, 2.45) is 0 Å². The van der Waals surface area contributed by atoms with Crippen LogP contribution in [0.25, 0.3) is 21.7 Å². The third-order valence-corrected chi connectivity index (χ3v) is 6.41. The van der Waals surface area contributed by atoms with Crippen LogP contribution < -0.4 is 5.56 Å². The zero-order chi connectivity index (χ0) is 24.3. The highest BCUT2D eigenvalue weighted by atomic mass is 19.3. The highest BCUT2D eigenvalue weighted by molar-refractivity contribution is 5.99. The van der Waals surface area contributed by atoms with Gasteiger partial charge in [-0.05, 0) is 55.0 Å². The smallest absolute Gasteiger partial charge is 0.270 e. The van der Waals surface area contributed by atoms with Gasteiger partial charge in [0.15, 0.2) is 11.6 Å². The number of nitrogens with zero attached hydrogens (tertiary/aromatic N) is 1. The van der Waals surface area contributed by atoms with Gasteiger partial charge in [0.2, 0.25) is 0 Å². The Balaban J connectivity index is 1.61. The molecule has 4 aromatic rings. The molecule has 5 rings (SSSR count). The lowest BCUT2D eigenvalue weighted by atomic mass is 9.86. The average Bonchev–Trinajstić information content (AvgIpc) is 3.22. The molecular weight excluding hydrogens is 457 g/mol. The molecule has 0 saturated carbocycles. The molecule has 0 fully saturated rings. The molecule has 0 saturated heterocycles. The van der Waals surface area contributed by atoms with Crippen LogP contribution in [-0.2, 0) is 6.42 Å². The minimum atomic E-state index is -2.93. The Hall–Kier alpha value is -3.69. The number of H-pyrrole nitrogens is 2. The van der Waals surface area contributed by atoms with Gasteiger partial charge in [-0.25, -0.2) is 22.0 Å². The van der Waals surface area contributed by atoms with E-state index in [4.69, 9.17) is 0 Å². The van der Waals surface area contributed by atoms with Gasteiger partial charge < -0.3 is 14.9 Å². The number of benzene rings is 2. The minimum Gasteiger partial charge on any atom is -0.350 e. The Bertz CT molecular complexity index is 1530.